The van der Waals surface area contributed by atoms with E-state index < -0.39 is 0 Å². The standard InChI is InChI=1S/C11H14IN/c12-10-6-4-9(5-7-10)8-13-11-2-1-3-11/h4-7,11,13H,1-3,8H2. The SMILES string of the molecule is Ic1ccc(CNC2CCC2)cc1. The van der Waals surface area contributed by atoms with Crippen LogP contribution in [-0.4, -0.2) is 6.04 Å². The molecule has 0 bridgehead atoms. The van der Waals surface area contributed by atoms with E-state index in [-0.39, 0.29) is 0 Å². The van der Waals surface area contributed by atoms with Gasteiger partial charge in [-0.2, -0.15) is 0 Å². The van der Waals surface area contributed by atoms with Gasteiger partial charge in [0.15, 0.2) is 0 Å². The van der Waals surface area contributed by atoms with Gasteiger partial charge < -0.3 is 5.32 Å². The smallest absolute Gasteiger partial charge is 0.0208 e. The highest BCUT2D eigenvalue weighted by atomic mass is 127. The lowest BCUT2D eigenvalue weighted by molar-refractivity contribution is 0.338. The zero-order valence-electron chi connectivity index (χ0n) is 7.59. The summed E-state index contributed by atoms with van der Waals surface area (Å²) in [4.78, 5) is 0. The molecule has 0 aromatic heterocycles. The molecule has 13 heavy (non-hydrogen) atoms. The Hall–Kier alpha value is -0.0900. The van der Waals surface area contributed by atoms with E-state index in [0.29, 0.717) is 0 Å². The lowest BCUT2D eigenvalue weighted by Gasteiger charge is -2.26. The van der Waals surface area contributed by atoms with E-state index in [4.69, 9.17) is 0 Å². The van der Waals surface area contributed by atoms with Crippen LogP contribution in [0.5, 0.6) is 0 Å². The molecule has 2 rings (SSSR count). The largest absolute Gasteiger partial charge is 0.310 e. The van der Waals surface area contributed by atoms with Crippen LogP contribution >= 0.6 is 22.6 Å². The second kappa shape index (κ2) is 4.42. The van der Waals surface area contributed by atoms with Crippen LogP contribution < -0.4 is 5.32 Å². The van der Waals surface area contributed by atoms with Gasteiger partial charge >= 0.3 is 0 Å². The Balaban J connectivity index is 1.83. The minimum atomic E-state index is 0.791. The fourth-order valence-electron chi connectivity index (χ4n) is 1.48. The van der Waals surface area contributed by atoms with Crippen LogP contribution in [0.4, 0.5) is 0 Å². The molecule has 2 heteroatoms. The third-order valence-corrected chi connectivity index (χ3v) is 3.33. The van der Waals surface area contributed by atoms with Crippen LogP contribution in [0, 0.1) is 3.57 Å². The molecule has 1 fully saturated rings. The fraction of sp³-hybridized carbons (Fsp3) is 0.455. The second-order valence-electron chi connectivity index (χ2n) is 3.64. The maximum Gasteiger partial charge on any atom is 0.0208 e. The lowest BCUT2D eigenvalue weighted by atomic mass is 9.93. The maximum atomic E-state index is 3.55. The highest BCUT2D eigenvalue weighted by Gasteiger charge is 2.15. The zero-order chi connectivity index (χ0) is 9.10. The molecule has 1 aliphatic rings. The minimum Gasteiger partial charge on any atom is -0.310 e. The van der Waals surface area contributed by atoms with Crippen molar-refractivity contribution < 1.29 is 0 Å². The maximum absolute atomic E-state index is 3.55. The molecule has 70 valence electrons. The van der Waals surface area contributed by atoms with Crippen LogP contribution in [0.2, 0.25) is 0 Å². The van der Waals surface area contributed by atoms with Gasteiger partial charge in [-0.05, 0) is 53.1 Å². The van der Waals surface area contributed by atoms with Crippen molar-refractivity contribution in [3.8, 4) is 0 Å². The molecule has 0 atom stereocenters. The van der Waals surface area contributed by atoms with Crippen molar-refractivity contribution in [1.82, 2.24) is 5.32 Å². The lowest BCUT2D eigenvalue weighted by Crippen LogP contribution is -2.34. The summed E-state index contributed by atoms with van der Waals surface area (Å²) in [6.07, 6.45) is 4.14. The van der Waals surface area contributed by atoms with Crippen LogP contribution in [0.15, 0.2) is 24.3 Å². The van der Waals surface area contributed by atoms with Crippen molar-refractivity contribution in [3.05, 3.63) is 33.4 Å². The molecule has 1 nitrogen and oxygen atoms in total. The van der Waals surface area contributed by atoms with Gasteiger partial charge in [0, 0.05) is 16.2 Å². The Morgan fingerprint density at radius 3 is 2.46 bits per heavy atom. The van der Waals surface area contributed by atoms with Crippen molar-refractivity contribution in [1.29, 1.82) is 0 Å². The summed E-state index contributed by atoms with van der Waals surface area (Å²) in [7, 11) is 0. The summed E-state index contributed by atoms with van der Waals surface area (Å²) >= 11 is 2.34. The normalized spacial score (nSPS) is 17.0. The number of hydrogen-bond donors (Lipinski definition) is 1. The summed E-state index contributed by atoms with van der Waals surface area (Å²) in [5.74, 6) is 0. The van der Waals surface area contributed by atoms with E-state index in [9.17, 15) is 0 Å². The number of halogens is 1. The molecule has 0 spiro atoms. The van der Waals surface area contributed by atoms with E-state index in [1.807, 2.05) is 0 Å². The van der Waals surface area contributed by atoms with E-state index >= 15 is 0 Å². The fourth-order valence-corrected chi connectivity index (χ4v) is 1.84. The molecular formula is C11H14IN. The summed E-state index contributed by atoms with van der Waals surface area (Å²) in [5, 5.41) is 3.55. The first-order valence-electron chi connectivity index (χ1n) is 4.82. The Bertz CT molecular complexity index is 264. The zero-order valence-corrected chi connectivity index (χ0v) is 9.75. The van der Waals surface area contributed by atoms with Gasteiger partial charge in [-0.25, -0.2) is 0 Å². The van der Waals surface area contributed by atoms with Crippen LogP contribution in [-0.2, 0) is 6.54 Å². The quantitative estimate of drug-likeness (QED) is 0.843. The van der Waals surface area contributed by atoms with Crippen molar-refractivity contribution in [2.45, 2.75) is 31.8 Å². The van der Waals surface area contributed by atoms with E-state index in [0.717, 1.165) is 12.6 Å². The first kappa shape index (κ1) is 9.46. The first-order chi connectivity index (χ1) is 6.34. The molecule has 0 aliphatic heterocycles. The van der Waals surface area contributed by atoms with Gasteiger partial charge in [-0.3, -0.25) is 0 Å². The first-order valence-corrected chi connectivity index (χ1v) is 5.90. The van der Waals surface area contributed by atoms with Crippen LogP contribution in [0.1, 0.15) is 24.8 Å². The van der Waals surface area contributed by atoms with Gasteiger partial charge in [-0.15, -0.1) is 0 Å². The Morgan fingerprint density at radius 2 is 1.92 bits per heavy atom. The molecule has 0 unspecified atom stereocenters. The molecular weight excluding hydrogens is 273 g/mol. The summed E-state index contributed by atoms with van der Waals surface area (Å²) < 4.78 is 1.31. The Labute approximate surface area is 93.1 Å². The van der Waals surface area contributed by atoms with Gasteiger partial charge in [0.25, 0.3) is 0 Å². The van der Waals surface area contributed by atoms with E-state index in [1.54, 1.807) is 0 Å². The molecule has 0 radical (unpaired) electrons. The molecule has 1 N–H and O–H groups in total. The Morgan fingerprint density at radius 1 is 1.23 bits per heavy atom. The predicted octanol–water partition coefficient (Wildman–Crippen LogP) is 2.93. The number of benzene rings is 1. The monoisotopic (exact) mass is 287 g/mol. The molecule has 0 saturated heterocycles. The van der Waals surface area contributed by atoms with Crippen molar-refractivity contribution in [2.75, 3.05) is 0 Å². The van der Waals surface area contributed by atoms with E-state index in [2.05, 4.69) is 52.2 Å². The number of hydrogen-bond acceptors (Lipinski definition) is 1. The topological polar surface area (TPSA) is 12.0 Å². The van der Waals surface area contributed by atoms with Crippen LogP contribution in [0.3, 0.4) is 0 Å². The number of rotatable bonds is 3. The van der Waals surface area contributed by atoms with Crippen LogP contribution in [0.25, 0.3) is 0 Å². The summed E-state index contributed by atoms with van der Waals surface area (Å²) in [5.41, 5.74) is 1.40. The van der Waals surface area contributed by atoms with Gasteiger partial charge in [0.05, 0.1) is 0 Å². The van der Waals surface area contributed by atoms with Gasteiger partial charge in [-0.1, -0.05) is 18.6 Å². The molecule has 0 heterocycles. The van der Waals surface area contributed by atoms with Crippen molar-refractivity contribution in [2.24, 2.45) is 0 Å². The highest BCUT2D eigenvalue weighted by Crippen LogP contribution is 2.18. The third-order valence-electron chi connectivity index (χ3n) is 2.61. The summed E-state index contributed by atoms with van der Waals surface area (Å²) in [6, 6.07) is 9.52. The molecule has 1 aromatic carbocycles. The van der Waals surface area contributed by atoms with Gasteiger partial charge in [0.1, 0.15) is 0 Å². The molecule has 0 amide bonds. The predicted molar refractivity (Wildman–Crippen MR) is 63.6 cm³/mol. The Kier molecular flexibility index (Phi) is 3.22. The highest BCUT2D eigenvalue weighted by molar-refractivity contribution is 14.1. The van der Waals surface area contributed by atoms with Crippen molar-refractivity contribution >= 4 is 22.6 Å². The average molecular weight is 287 g/mol. The number of nitrogens with one attached hydrogen (secondary N) is 1. The minimum absolute atomic E-state index is 0.791. The second-order valence-corrected chi connectivity index (χ2v) is 4.88. The molecule has 1 aromatic rings. The van der Waals surface area contributed by atoms with E-state index in [1.165, 1.54) is 28.4 Å². The molecule has 1 saturated carbocycles. The molecule has 1 aliphatic carbocycles. The third kappa shape index (κ3) is 2.68. The summed E-state index contributed by atoms with van der Waals surface area (Å²) in [6.45, 7) is 1.03. The average Bonchev–Trinajstić information content (AvgIpc) is 2.05. The van der Waals surface area contributed by atoms with Crippen molar-refractivity contribution in [3.63, 3.8) is 0 Å². The van der Waals surface area contributed by atoms with Gasteiger partial charge in [0.2, 0.25) is 0 Å².